The lowest BCUT2D eigenvalue weighted by Gasteiger charge is -2.24. The fourth-order valence-corrected chi connectivity index (χ4v) is 4.08. The molecular formula is C16H22N2O2S2. The maximum absolute atomic E-state index is 12.3. The third kappa shape index (κ3) is 4.91. The second-order valence-corrected chi connectivity index (χ2v) is 8.22. The Labute approximate surface area is 136 Å². The predicted octanol–water partition coefficient (Wildman–Crippen LogP) is 2.78. The number of nitrogens with zero attached hydrogens (tertiary/aromatic N) is 1. The summed E-state index contributed by atoms with van der Waals surface area (Å²) in [4.78, 5) is 2.02. The van der Waals surface area contributed by atoms with Crippen LogP contribution in [-0.2, 0) is 15.8 Å². The van der Waals surface area contributed by atoms with Gasteiger partial charge < -0.3 is 4.90 Å². The number of aryl methyl sites for hydroxylation is 1. The predicted molar refractivity (Wildman–Crippen MR) is 92.6 cm³/mol. The molecule has 0 radical (unpaired) electrons. The van der Waals surface area contributed by atoms with Crippen molar-refractivity contribution in [3.05, 3.63) is 57.8 Å². The van der Waals surface area contributed by atoms with Crippen molar-refractivity contribution in [1.82, 2.24) is 9.62 Å². The standard InChI is InChI=1S/C16H22N2O2S2/c1-13-4-6-14(7-5-13)12-22(19,20)17-10-16(18(2)3)15-8-9-21-11-15/h4-9,11,16-17H,10,12H2,1-3H3. The normalized spacial score (nSPS) is 13.5. The van der Waals surface area contributed by atoms with Crippen molar-refractivity contribution in [1.29, 1.82) is 0 Å². The van der Waals surface area contributed by atoms with Gasteiger partial charge in [-0.05, 0) is 49.0 Å². The Morgan fingerprint density at radius 3 is 2.41 bits per heavy atom. The van der Waals surface area contributed by atoms with Crippen molar-refractivity contribution in [3.8, 4) is 0 Å². The highest BCUT2D eigenvalue weighted by Gasteiger charge is 2.18. The average molecular weight is 338 g/mol. The number of nitrogens with one attached hydrogen (secondary N) is 1. The molecule has 0 fully saturated rings. The van der Waals surface area contributed by atoms with Gasteiger partial charge in [0.25, 0.3) is 0 Å². The molecule has 1 N–H and O–H groups in total. The van der Waals surface area contributed by atoms with Crippen molar-refractivity contribution in [2.45, 2.75) is 18.7 Å². The Kier molecular flexibility index (Phi) is 5.74. The molecular weight excluding hydrogens is 316 g/mol. The van der Waals surface area contributed by atoms with Gasteiger partial charge in [0.1, 0.15) is 0 Å². The van der Waals surface area contributed by atoms with Gasteiger partial charge in [0.2, 0.25) is 10.0 Å². The smallest absolute Gasteiger partial charge is 0.215 e. The molecule has 0 saturated carbocycles. The Bertz CT molecular complexity index is 677. The van der Waals surface area contributed by atoms with Crippen LogP contribution in [0.5, 0.6) is 0 Å². The minimum absolute atomic E-state index is 0.0110. The van der Waals surface area contributed by atoms with E-state index in [0.29, 0.717) is 6.54 Å². The van der Waals surface area contributed by atoms with Crippen molar-refractivity contribution in [2.75, 3.05) is 20.6 Å². The average Bonchev–Trinajstić information content (AvgIpc) is 2.95. The largest absolute Gasteiger partial charge is 0.301 e. The summed E-state index contributed by atoms with van der Waals surface area (Å²) in [6.45, 7) is 2.36. The Morgan fingerprint density at radius 1 is 1.18 bits per heavy atom. The minimum atomic E-state index is -3.34. The van der Waals surface area contributed by atoms with Gasteiger partial charge in [-0.2, -0.15) is 11.3 Å². The molecule has 1 atom stereocenters. The summed E-state index contributed by atoms with van der Waals surface area (Å²) in [5.74, 6) is 0.0110. The monoisotopic (exact) mass is 338 g/mol. The molecule has 1 unspecified atom stereocenters. The first-order valence-electron chi connectivity index (χ1n) is 7.09. The zero-order chi connectivity index (χ0) is 16.2. The summed E-state index contributed by atoms with van der Waals surface area (Å²) >= 11 is 1.62. The Morgan fingerprint density at radius 2 is 1.86 bits per heavy atom. The van der Waals surface area contributed by atoms with E-state index in [1.807, 2.05) is 61.6 Å². The highest BCUT2D eigenvalue weighted by atomic mass is 32.2. The van der Waals surface area contributed by atoms with Crippen molar-refractivity contribution in [3.63, 3.8) is 0 Å². The number of benzene rings is 1. The molecule has 1 heterocycles. The van der Waals surface area contributed by atoms with Crippen LogP contribution in [0, 0.1) is 6.92 Å². The fourth-order valence-electron chi connectivity index (χ4n) is 2.22. The lowest BCUT2D eigenvalue weighted by Crippen LogP contribution is -2.35. The number of likely N-dealkylation sites (N-methyl/N-ethyl adjacent to an activating group) is 1. The van der Waals surface area contributed by atoms with Crippen LogP contribution in [0.3, 0.4) is 0 Å². The molecule has 1 aromatic heterocycles. The van der Waals surface area contributed by atoms with E-state index in [1.54, 1.807) is 11.3 Å². The first-order valence-corrected chi connectivity index (χ1v) is 9.68. The molecule has 6 heteroatoms. The topological polar surface area (TPSA) is 49.4 Å². The van der Waals surface area contributed by atoms with Crippen LogP contribution in [0.2, 0.25) is 0 Å². The van der Waals surface area contributed by atoms with Crippen molar-refractivity contribution in [2.24, 2.45) is 0 Å². The molecule has 2 rings (SSSR count). The van der Waals surface area contributed by atoms with Crippen LogP contribution in [-0.4, -0.2) is 34.0 Å². The van der Waals surface area contributed by atoms with E-state index < -0.39 is 10.0 Å². The molecule has 4 nitrogen and oxygen atoms in total. The van der Waals surface area contributed by atoms with Crippen molar-refractivity contribution >= 4 is 21.4 Å². The number of hydrogen-bond donors (Lipinski definition) is 1. The quantitative estimate of drug-likeness (QED) is 0.844. The lowest BCUT2D eigenvalue weighted by molar-refractivity contribution is 0.300. The van der Waals surface area contributed by atoms with E-state index in [1.165, 1.54) is 0 Å². The van der Waals surface area contributed by atoms with E-state index in [9.17, 15) is 8.42 Å². The lowest BCUT2D eigenvalue weighted by atomic mass is 10.1. The zero-order valence-electron chi connectivity index (χ0n) is 13.1. The fraction of sp³-hybridized carbons (Fsp3) is 0.375. The van der Waals surface area contributed by atoms with Crippen LogP contribution < -0.4 is 4.72 Å². The van der Waals surface area contributed by atoms with Gasteiger partial charge in [0.15, 0.2) is 0 Å². The van der Waals surface area contributed by atoms with Gasteiger partial charge >= 0.3 is 0 Å². The molecule has 0 amide bonds. The van der Waals surface area contributed by atoms with Crippen LogP contribution in [0.4, 0.5) is 0 Å². The van der Waals surface area contributed by atoms with Crippen LogP contribution in [0.25, 0.3) is 0 Å². The molecule has 0 spiro atoms. The SMILES string of the molecule is Cc1ccc(CS(=O)(=O)NCC(c2ccsc2)N(C)C)cc1. The van der Waals surface area contributed by atoms with Gasteiger partial charge in [-0.15, -0.1) is 0 Å². The maximum atomic E-state index is 12.3. The summed E-state index contributed by atoms with van der Waals surface area (Å²) in [5, 5.41) is 4.06. The summed E-state index contributed by atoms with van der Waals surface area (Å²) in [7, 11) is 0.570. The van der Waals surface area contributed by atoms with Gasteiger partial charge in [-0.1, -0.05) is 29.8 Å². The molecule has 0 bridgehead atoms. The minimum Gasteiger partial charge on any atom is -0.301 e. The maximum Gasteiger partial charge on any atom is 0.215 e. The third-order valence-corrected chi connectivity index (χ3v) is 5.55. The molecule has 22 heavy (non-hydrogen) atoms. The van der Waals surface area contributed by atoms with E-state index in [2.05, 4.69) is 10.1 Å². The highest BCUT2D eigenvalue weighted by molar-refractivity contribution is 7.88. The first-order chi connectivity index (χ1) is 10.4. The summed E-state index contributed by atoms with van der Waals surface area (Å²) in [6.07, 6.45) is 0. The van der Waals surface area contributed by atoms with E-state index >= 15 is 0 Å². The molecule has 2 aromatic rings. The molecule has 1 aromatic carbocycles. The molecule has 0 saturated heterocycles. The third-order valence-electron chi connectivity index (χ3n) is 3.53. The van der Waals surface area contributed by atoms with E-state index in [4.69, 9.17) is 0 Å². The molecule has 120 valence electrons. The van der Waals surface area contributed by atoms with Crippen LogP contribution in [0.1, 0.15) is 22.7 Å². The molecule has 0 aliphatic carbocycles. The second kappa shape index (κ2) is 7.37. The molecule has 0 aliphatic heterocycles. The van der Waals surface area contributed by atoms with Gasteiger partial charge in [0.05, 0.1) is 5.75 Å². The highest BCUT2D eigenvalue weighted by Crippen LogP contribution is 2.20. The number of hydrogen-bond acceptors (Lipinski definition) is 4. The first kappa shape index (κ1) is 17.1. The van der Waals surface area contributed by atoms with Gasteiger partial charge in [-0.3, -0.25) is 0 Å². The Hall–Kier alpha value is -1.21. The summed E-state index contributed by atoms with van der Waals surface area (Å²) < 4.78 is 27.2. The summed E-state index contributed by atoms with van der Waals surface area (Å²) in [5.41, 5.74) is 3.06. The van der Waals surface area contributed by atoms with E-state index in [0.717, 1.165) is 16.7 Å². The number of rotatable bonds is 7. The van der Waals surface area contributed by atoms with Crippen molar-refractivity contribution < 1.29 is 8.42 Å². The van der Waals surface area contributed by atoms with Crippen LogP contribution in [0.15, 0.2) is 41.1 Å². The van der Waals surface area contributed by atoms with Gasteiger partial charge in [-0.25, -0.2) is 13.1 Å². The van der Waals surface area contributed by atoms with Gasteiger partial charge in [0, 0.05) is 12.6 Å². The van der Waals surface area contributed by atoms with Crippen LogP contribution >= 0.6 is 11.3 Å². The second-order valence-electron chi connectivity index (χ2n) is 5.63. The molecule has 0 aliphatic rings. The Balaban J connectivity index is 2.00. The zero-order valence-corrected chi connectivity index (χ0v) is 14.7. The summed E-state index contributed by atoms with van der Waals surface area (Å²) in [6, 6.07) is 9.65. The number of sulfonamides is 1. The number of thiophene rings is 1. The van der Waals surface area contributed by atoms with E-state index in [-0.39, 0.29) is 11.8 Å².